The third-order valence-corrected chi connectivity index (χ3v) is 9.24. The number of hydrogen-bond donors (Lipinski definition) is 1. The number of aliphatic hydroxyl groups excluding tert-OH is 1. The molecule has 1 atom stereocenters. The van der Waals surface area contributed by atoms with Crippen LogP contribution in [0.1, 0.15) is 36.5 Å². The van der Waals surface area contributed by atoms with Gasteiger partial charge < -0.3 is 14.6 Å². The topological polar surface area (TPSA) is 72.8 Å². The van der Waals surface area contributed by atoms with Crippen molar-refractivity contribution in [1.29, 1.82) is 0 Å². The Hall–Kier alpha value is -2.18. The molecule has 0 aliphatic heterocycles. The molecule has 0 bridgehead atoms. The summed E-state index contributed by atoms with van der Waals surface area (Å²) in [5.74, 6) is -1.19. The number of aliphatic hydroxyl groups is 1. The lowest BCUT2D eigenvalue weighted by Gasteiger charge is -2.28. The van der Waals surface area contributed by atoms with Gasteiger partial charge in [-0.15, -0.1) is 0 Å². The summed E-state index contributed by atoms with van der Waals surface area (Å²) >= 11 is 0. The summed E-state index contributed by atoms with van der Waals surface area (Å²) in [5, 5.41) is 10.5. The van der Waals surface area contributed by atoms with Crippen molar-refractivity contribution in [2.24, 2.45) is 5.92 Å². The van der Waals surface area contributed by atoms with Crippen LogP contribution in [0.5, 0.6) is 0 Å². The van der Waals surface area contributed by atoms with Gasteiger partial charge in [0.05, 0.1) is 33.5 Å². The molecular formula is C25H38O5Si. The fourth-order valence-electron chi connectivity index (χ4n) is 4.10. The van der Waals surface area contributed by atoms with Crippen molar-refractivity contribution in [2.75, 3.05) is 19.8 Å². The fraction of sp³-hybridized carbons (Fsp3) is 0.520. The van der Waals surface area contributed by atoms with E-state index in [1.807, 2.05) is 0 Å². The van der Waals surface area contributed by atoms with Crippen LogP contribution in [0.15, 0.2) is 36.4 Å². The summed E-state index contributed by atoms with van der Waals surface area (Å²) in [6.45, 7) is 19.8. The standard InChI is InChI=1S/C25H38O5Si/c1-17(2)24(27)29-15-22(16-30-25(28)21(6)14-26)10-9-11-31(7,8)23-19(4)12-18(3)13-20(23)5/h12-13,22,26H,1,6,9-11,14-16H2,2-5,7-8H3. The van der Waals surface area contributed by atoms with Crippen molar-refractivity contribution in [3.8, 4) is 0 Å². The molecule has 0 aliphatic carbocycles. The Morgan fingerprint density at radius 3 is 2.03 bits per heavy atom. The molecule has 0 saturated carbocycles. The molecule has 1 N–H and O–H groups in total. The van der Waals surface area contributed by atoms with E-state index in [2.05, 4.69) is 59.2 Å². The first-order chi connectivity index (χ1) is 14.4. The van der Waals surface area contributed by atoms with Crippen LogP contribution < -0.4 is 5.19 Å². The summed E-state index contributed by atoms with van der Waals surface area (Å²) in [6.07, 6.45) is 1.71. The second-order valence-corrected chi connectivity index (χ2v) is 13.9. The second kappa shape index (κ2) is 12.0. The van der Waals surface area contributed by atoms with Crippen molar-refractivity contribution >= 4 is 25.2 Å². The van der Waals surface area contributed by atoms with Crippen LogP contribution >= 0.6 is 0 Å². The highest BCUT2D eigenvalue weighted by molar-refractivity contribution is 6.90. The normalized spacial score (nSPS) is 12.2. The highest BCUT2D eigenvalue weighted by Gasteiger charge is 2.27. The van der Waals surface area contributed by atoms with Gasteiger partial charge in [-0.2, -0.15) is 0 Å². The highest BCUT2D eigenvalue weighted by Crippen LogP contribution is 2.22. The summed E-state index contributed by atoms with van der Waals surface area (Å²) in [4.78, 5) is 23.6. The van der Waals surface area contributed by atoms with Crippen LogP contribution in [0, 0.1) is 26.7 Å². The number of aryl methyl sites for hydroxylation is 3. The number of esters is 2. The van der Waals surface area contributed by atoms with Crippen molar-refractivity contribution in [3.05, 3.63) is 53.1 Å². The molecule has 0 saturated heterocycles. The van der Waals surface area contributed by atoms with Gasteiger partial charge in [0.1, 0.15) is 0 Å². The van der Waals surface area contributed by atoms with E-state index >= 15 is 0 Å². The monoisotopic (exact) mass is 446 g/mol. The Morgan fingerprint density at radius 1 is 1.03 bits per heavy atom. The minimum absolute atomic E-state index is 0.0107. The van der Waals surface area contributed by atoms with E-state index in [1.54, 1.807) is 6.92 Å². The van der Waals surface area contributed by atoms with Crippen LogP contribution in [0.4, 0.5) is 0 Å². The van der Waals surface area contributed by atoms with Crippen LogP contribution in [0.25, 0.3) is 0 Å². The van der Waals surface area contributed by atoms with E-state index in [4.69, 9.17) is 14.6 Å². The lowest BCUT2D eigenvalue weighted by molar-refractivity contribution is -0.144. The van der Waals surface area contributed by atoms with Crippen LogP contribution in [0.3, 0.4) is 0 Å². The van der Waals surface area contributed by atoms with E-state index in [-0.39, 0.29) is 24.7 Å². The maximum atomic E-state index is 11.8. The third kappa shape index (κ3) is 8.46. The molecule has 5 nitrogen and oxygen atoms in total. The van der Waals surface area contributed by atoms with E-state index in [9.17, 15) is 9.59 Å². The smallest absolute Gasteiger partial charge is 0.335 e. The van der Waals surface area contributed by atoms with Gasteiger partial charge in [0, 0.05) is 11.5 Å². The highest BCUT2D eigenvalue weighted by atomic mass is 28.3. The van der Waals surface area contributed by atoms with E-state index in [0.717, 1.165) is 18.9 Å². The lowest BCUT2D eigenvalue weighted by atomic mass is 10.1. The SMILES string of the molecule is C=C(C)C(=O)OCC(CCC[Si](C)(C)c1c(C)cc(C)cc1C)COC(=O)C(=C)CO. The maximum Gasteiger partial charge on any atom is 0.335 e. The summed E-state index contributed by atoms with van der Waals surface area (Å²) in [6, 6.07) is 5.59. The molecule has 6 heteroatoms. The van der Waals surface area contributed by atoms with E-state index in [0.29, 0.717) is 5.57 Å². The van der Waals surface area contributed by atoms with E-state index in [1.165, 1.54) is 21.9 Å². The molecule has 0 heterocycles. The number of ether oxygens (including phenoxy) is 2. The van der Waals surface area contributed by atoms with Gasteiger partial charge in [-0.3, -0.25) is 0 Å². The van der Waals surface area contributed by atoms with Crippen molar-refractivity contribution < 1.29 is 24.2 Å². The second-order valence-electron chi connectivity index (χ2n) is 9.15. The Balaban J connectivity index is 2.79. The number of hydrogen-bond acceptors (Lipinski definition) is 5. The van der Waals surface area contributed by atoms with Crippen LogP contribution in [-0.4, -0.2) is 44.9 Å². The number of carbonyl (C=O) groups excluding carboxylic acids is 2. The predicted molar refractivity (Wildman–Crippen MR) is 128 cm³/mol. The van der Waals surface area contributed by atoms with Crippen molar-refractivity contribution in [3.63, 3.8) is 0 Å². The van der Waals surface area contributed by atoms with Crippen molar-refractivity contribution in [2.45, 2.75) is 59.7 Å². The molecule has 1 unspecified atom stereocenters. The zero-order valence-electron chi connectivity index (χ0n) is 20.0. The summed E-state index contributed by atoms with van der Waals surface area (Å²) in [5.41, 5.74) is 4.35. The number of benzene rings is 1. The molecule has 0 amide bonds. The average Bonchev–Trinajstić information content (AvgIpc) is 2.66. The Kier molecular flexibility index (Phi) is 10.4. The van der Waals surface area contributed by atoms with Gasteiger partial charge in [0.25, 0.3) is 0 Å². The number of carbonyl (C=O) groups is 2. The first-order valence-corrected chi connectivity index (χ1v) is 14.0. The summed E-state index contributed by atoms with van der Waals surface area (Å²) < 4.78 is 10.6. The maximum absolute atomic E-state index is 11.8. The molecular weight excluding hydrogens is 408 g/mol. The molecule has 1 rings (SSSR count). The zero-order valence-corrected chi connectivity index (χ0v) is 21.0. The zero-order chi connectivity index (χ0) is 23.8. The number of rotatable bonds is 12. The van der Waals surface area contributed by atoms with Gasteiger partial charge in [0.15, 0.2) is 0 Å². The molecule has 0 aliphatic rings. The summed E-state index contributed by atoms with van der Waals surface area (Å²) in [7, 11) is -1.67. The molecule has 31 heavy (non-hydrogen) atoms. The largest absolute Gasteiger partial charge is 0.462 e. The molecule has 0 fully saturated rings. The van der Waals surface area contributed by atoms with Crippen LogP contribution in [0.2, 0.25) is 19.1 Å². The molecule has 0 aromatic heterocycles. The van der Waals surface area contributed by atoms with Gasteiger partial charge in [-0.05, 0) is 34.1 Å². The lowest BCUT2D eigenvalue weighted by Crippen LogP contribution is -2.44. The third-order valence-electron chi connectivity index (χ3n) is 5.50. The molecule has 0 spiro atoms. The molecule has 1 aromatic carbocycles. The first-order valence-electron chi connectivity index (χ1n) is 10.8. The Bertz CT molecular complexity index is 802. The Morgan fingerprint density at radius 2 is 1.55 bits per heavy atom. The molecule has 1 aromatic rings. The van der Waals surface area contributed by atoms with Gasteiger partial charge in [-0.1, -0.05) is 72.7 Å². The minimum atomic E-state index is -1.67. The first kappa shape index (κ1) is 26.9. The predicted octanol–water partition coefficient (Wildman–Crippen LogP) is 4.13. The minimum Gasteiger partial charge on any atom is -0.462 e. The quantitative estimate of drug-likeness (QED) is 0.297. The van der Waals surface area contributed by atoms with Crippen molar-refractivity contribution in [1.82, 2.24) is 0 Å². The molecule has 172 valence electrons. The van der Waals surface area contributed by atoms with Gasteiger partial charge in [-0.25, -0.2) is 9.59 Å². The van der Waals surface area contributed by atoms with Crippen LogP contribution in [-0.2, 0) is 19.1 Å². The van der Waals surface area contributed by atoms with E-state index < -0.39 is 26.6 Å². The van der Waals surface area contributed by atoms with Gasteiger partial charge in [0.2, 0.25) is 0 Å². The molecule has 0 radical (unpaired) electrons. The van der Waals surface area contributed by atoms with Gasteiger partial charge >= 0.3 is 11.9 Å². The average molecular weight is 447 g/mol. The fourth-order valence-corrected chi connectivity index (χ4v) is 7.71. The Labute approximate surface area is 188 Å².